The summed E-state index contributed by atoms with van der Waals surface area (Å²) in [6.45, 7) is 0.577. The smallest absolute Gasteiger partial charge is 0.307 e. The summed E-state index contributed by atoms with van der Waals surface area (Å²) in [4.78, 5) is 23.3. The lowest BCUT2D eigenvalue weighted by molar-refractivity contribution is 0.100. The number of halogens is 1. The predicted molar refractivity (Wildman–Crippen MR) is 91.0 cm³/mol. The quantitative estimate of drug-likeness (QED) is 0.593. The number of aromatic nitrogens is 1. The lowest BCUT2D eigenvalue weighted by Crippen LogP contribution is -2.09. The standard InChI is InChI=1S/C15H14BrN3O2S/c1-19(2)8-17-14(20)15-18-13-10-4-3-9(16)7-11(10)21-6-5-12(13)22-15/h3-4,7-8H,5-6H2,1-2H3. The topological polar surface area (TPSA) is 54.8 Å². The van der Waals surface area contributed by atoms with Crippen molar-refractivity contribution < 1.29 is 9.53 Å². The highest BCUT2D eigenvalue weighted by Crippen LogP contribution is 2.38. The highest BCUT2D eigenvalue weighted by molar-refractivity contribution is 9.10. The SMILES string of the molecule is CN(C)C=NC(=O)c1nc2c(s1)CCOc1cc(Br)ccc1-2. The number of rotatable bonds is 2. The van der Waals surface area contributed by atoms with Crippen molar-refractivity contribution in [2.75, 3.05) is 20.7 Å². The normalized spacial score (nSPS) is 13.2. The third-order valence-electron chi connectivity index (χ3n) is 3.07. The molecular formula is C15H14BrN3O2S. The van der Waals surface area contributed by atoms with Crippen LogP contribution in [0.1, 0.15) is 14.7 Å². The molecule has 0 atom stereocenters. The number of carbonyl (C=O) groups excluding carboxylic acids is 1. The zero-order chi connectivity index (χ0) is 15.7. The van der Waals surface area contributed by atoms with Gasteiger partial charge in [-0.05, 0) is 18.2 Å². The second-order valence-corrected chi connectivity index (χ2v) is 7.04. The lowest BCUT2D eigenvalue weighted by atomic mass is 10.1. The minimum Gasteiger partial charge on any atom is -0.492 e. The summed E-state index contributed by atoms with van der Waals surface area (Å²) in [7, 11) is 3.64. The summed E-state index contributed by atoms with van der Waals surface area (Å²) in [6, 6.07) is 5.83. The van der Waals surface area contributed by atoms with Gasteiger partial charge in [0.05, 0.1) is 18.6 Å². The molecule has 0 radical (unpaired) electrons. The van der Waals surface area contributed by atoms with E-state index < -0.39 is 0 Å². The van der Waals surface area contributed by atoms with Crippen molar-refractivity contribution in [3.63, 3.8) is 0 Å². The van der Waals surface area contributed by atoms with Crippen LogP contribution < -0.4 is 4.74 Å². The molecule has 2 heterocycles. The average Bonchev–Trinajstić information content (AvgIpc) is 2.82. The van der Waals surface area contributed by atoms with Crippen LogP contribution in [0.5, 0.6) is 5.75 Å². The van der Waals surface area contributed by atoms with Crippen LogP contribution in [0.3, 0.4) is 0 Å². The summed E-state index contributed by atoms with van der Waals surface area (Å²) in [5.41, 5.74) is 1.75. The van der Waals surface area contributed by atoms with Crippen LogP contribution in [0.15, 0.2) is 27.7 Å². The number of benzene rings is 1. The molecule has 114 valence electrons. The number of fused-ring (bicyclic) bond motifs is 3. The molecule has 0 N–H and O–H groups in total. The lowest BCUT2D eigenvalue weighted by Gasteiger charge is -2.06. The summed E-state index contributed by atoms with van der Waals surface area (Å²) in [5.74, 6) is 0.473. The van der Waals surface area contributed by atoms with Crippen molar-refractivity contribution >= 4 is 39.5 Å². The molecule has 0 spiro atoms. The molecular weight excluding hydrogens is 366 g/mol. The first-order valence-corrected chi connectivity index (χ1v) is 8.33. The van der Waals surface area contributed by atoms with E-state index in [1.807, 2.05) is 32.3 Å². The van der Waals surface area contributed by atoms with E-state index in [1.54, 1.807) is 4.90 Å². The highest BCUT2D eigenvalue weighted by Gasteiger charge is 2.22. The molecule has 0 unspecified atom stereocenters. The van der Waals surface area contributed by atoms with Gasteiger partial charge < -0.3 is 9.64 Å². The van der Waals surface area contributed by atoms with Gasteiger partial charge in [-0.25, -0.2) is 4.98 Å². The van der Waals surface area contributed by atoms with E-state index in [9.17, 15) is 4.79 Å². The molecule has 1 aliphatic heterocycles. The van der Waals surface area contributed by atoms with Crippen LogP contribution >= 0.6 is 27.3 Å². The van der Waals surface area contributed by atoms with E-state index in [1.165, 1.54) is 17.7 Å². The molecule has 0 saturated heterocycles. The Bertz CT molecular complexity index is 755. The molecule has 0 bridgehead atoms. The Morgan fingerprint density at radius 1 is 1.50 bits per heavy atom. The highest BCUT2D eigenvalue weighted by atomic mass is 79.9. The molecule has 7 heteroatoms. The van der Waals surface area contributed by atoms with Crippen LogP contribution in [0, 0.1) is 0 Å². The molecule has 2 aromatic rings. The number of ether oxygens (including phenoxy) is 1. The van der Waals surface area contributed by atoms with Crippen molar-refractivity contribution in [3.05, 3.63) is 32.6 Å². The molecule has 22 heavy (non-hydrogen) atoms. The van der Waals surface area contributed by atoms with Gasteiger partial charge in [-0.15, -0.1) is 11.3 Å². The minimum atomic E-state index is -0.314. The van der Waals surface area contributed by atoms with E-state index in [-0.39, 0.29) is 5.91 Å². The van der Waals surface area contributed by atoms with Gasteiger partial charge in [0, 0.05) is 35.4 Å². The Balaban J connectivity index is 2.01. The van der Waals surface area contributed by atoms with Crippen LogP contribution in [-0.4, -0.2) is 42.8 Å². The Kier molecular flexibility index (Phi) is 4.26. The van der Waals surface area contributed by atoms with Crippen molar-refractivity contribution in [3.8, 4) is 17.0 Å². The number of hydrogen-bond donors (Lipinski definition) is 0. The third-order valence-corrected chi connectivity index (χ3v) is 4.67. The second-order valence-electron chi connectivity index (χ2n) is 5.04. The first kappa shape index (κ1) is 15.2. The Morgan fingerprint density at radius 3 is 3.09 bits per heavy atom. The van der Waals surface area contributed by atoms with Gasteiger partial charge >= 0.3 is 5.91 Å². The van der Waals surface area contributed by atoms with Gasteiger partial charge in [0.25, 0.3) is 0 Å². The molecule has 1 aliphatic rings. The van der Waals surface area contributed by atoms with Crippen molar-refractivity contribution in [1.29, 1.82) is 0 Å². The molecule has 5 nitrogen and oxygen atoms in total. The van der Waals surface area contributed by atoms with E-state index >= 15 is 0 Å². The fourth-order valence-electron chi connectivity index (χ4n) is 2.11. The maximum Gasteiger partial charge on any atom is 0.307 e. The average molecular weight is 380 g/mol. The number of nitrogens with zero attached hydrogens (tertiary/aromatic N) is 3. The first-order chi connectivity index (χ1) is 10.5. The van der Waals surface area contributed by atoms with E-state index in [0.29, 0.717) is 11.6 Å². The monoisotopic (exact) mass is 379 g/mol. The summed E-state index contributed by atoms with van der Waals surface area (Å²) < 4.78 is 6.72. The van der Waals surface area contributed by atoms with Gasteiger partial charge in [-0.2, -0.15) is 4.99 Å². The zero-order valence-corrected chi connectivity index (χ0v) is 14.6. The fourth-order valence-corrected chi connectivity index (χ4v) is 3.40. The van der Waals surface area contributed by atoms with E-state index in [4.69, 9.17) is 4.74 Å². The number of thiazole rings is 1. The summed E-state index contributed by atoms with van der Waals surface area (Å²) in [5, 5.41) is 0.416. The van der Waals surface area contributed by atoms with Gasteiger partial charge in [-0.1, -0.05) is 15.9 Å². The predicted octanol–water partition coefficient (Wildman–Crippen LogP) is 3.24. The largest absolute Gasteiger partial charge is 0.492 e. The summed E-state index contributed by atoms with van der Waals surface area (Å²) >= 11 is 4.83. The fraction of sp³-hybridized carbons (Fsp3) is 0.267. The molecule has 1 aromatic heterocycles. The second kappa shape index (κ2) is 6.18. The van der Waals surface area contributed by atoms with Gasteiger partial charge in [-0.3, -0.25) is 4.79 Å². The third kappa shape index (κ3) is 3.05. The number of amides is 1. The maximum absolute atomic E-state index is 12.1. The van der Waals surface area contributed by atoms with Gasteiger partial charge in [0.1, 0.15) is 5.75 Å². The Hall–Kier alpha value is -1.73. The van der Waals surface area contributed by atoms with Crippen LogP contribution in [0.4, 0.5) is 0 Å². The van der Waals surface area contributed by atoms with E-state index in [0.717, 1.165) is 32.8 Å². The molecule has 0 fully saturated rings. The van der Waals surface area contributed by atoms with Crippen molar-refractivity contribution in [1.82, 2.24) is 9.88 Å². The Labute approximate surface area is 140 Å². The van der Waals surface area contributed by atoms with Crippen LogP contribution in [0.2, 0.25) is 0 Å². The van der Waals surface area contributed by atoms with Gasteiger partial charge in [0.2, 0.25) is 0 Å². The molecule has 0 aliphatic carbocycles. The Morgan fingerprint density at radius 2 is 2.32 bits per heavy atom. The van der Waals surface area contributed by atoms with Crippen molar-refractivity contribution in [2.24, 2.45) is 4.99 Å². The minimum absolute atomic E-state index is 0.314. The molecule has 1 aromatic carbocycles. The van der Waals surface area contributed by atoms with Gasteiger partial charge in [0.15, 0.2) is 5.01 Å². The number of hydrogen-bond acceptors (Lipinski definition) is 4. The van der Waals surface area contributed by atoms with Crippen LogP contribution in [-0.2, 0) is 6.42 Å². The van der Waals surface area contributed by atoms with Crippen molar-refractivity contribution in [2.45, 2.75) is 6.42 Å². The molecule has 0 saturated carbocycles. The molecule has 1 amide bonds. The first-order valence-electron chi connectivity index (χ1n) is 6.72. The maximum atomic E-state index is 12.1. The van der Waals surface area contributed by atoms with E-state index in [2.05, 4.69) is 25.9 Å². The zero-order valence-electron chi connectivity index (χ0n) is 12.2. The summed E-state index contributed by atoms with van der Waals surface area (Å²) in [6.07, 6.45) is 2.23. The number of carbonyl (C=O) groups is 1. The number of aliphatic imine (C=N–C) groups is 1. The molecule has 3 rings (SSSR count). The van der Waals surface area contributed by atoms with Crippen LogP contribution in [0.25, 0.3) is 11.3 Å².